The molecule has 1 saturated heterocycles. The first-order valence-corrected chi connectivity index (χ1v) is 11.2. The van der Waals surface area contributed by atoms with Crippen LogP contribution in [-0.2, 0) is 14.8 Å². The highest BCUT2D eigenvalue weighted by atomic mass is 32.2. The van der Waals surface area contributed by atoms with Crippen LogP contribution in [-0.4, -0.2) is 38.3 Å². The summed E-state index contributed by atoms with van der Waals surface area (Å²) < 4.78 is 32.9. The summed E-state index contributed by atoms with van der Waals surface area (Å²) in [6.45, 7) is 3.38. The van der Waals surface area contributed by atoms with E-state index in [9.17, 15) is 13.2 Å². The maximum atomic E-state index is 12.8. The quantitative estimate of drug-likeness (QED) is 0.834. The van der Waals surface area contributed by atoms with Gasteiger partial charge in [-0.25, -0.2) is 8.42 Å². The molecule has 2 aromatic carbocycles. The molecule has 0 radical (unpaired) electrons. The van der Waals surface area contributed by atoms with Crippen molar-refractivity contribution in [1.29, 1.82) is 0 Å². The lowest BCUT2D eigenvalue weighted by Gasteiger charge is -2.30. The molecule has 0 unspecified atom stereocenters. The van der Waals surface area contributed by atoms with Gasteiger partial charge in [-0.15, -0.1) is 0 Å². The van der Waals surface area contributed by atoms with Crippen molar-refractivity contribution in [3.8, 4) is 5.75 Å². The van der Waals surface area contributed by atoms with Gasteiger partial charge in [0, 0.05) is 24.3 Å². The standard InChI is InChI=1S/C22H24N2O4S/c1-16-5-4-12-24(14-16)29(26,27)20-10-8-19(9-11-20)23-22(25)18-13-17-6-2-3-7-21(17)28-15-18/h2-3,6-11,13,16H,4-5,12,14-15H2,1H3,(H,23,25)/t16-/m1/s1. The zero-order chi connectivity index (χ0) is 20.4. The Morgan fingerprint density at radius 1 is 1.14 bits per heavy atom. The number of anilines is 1. The third-order valence-corrected chi connectivity index (χ3v) is 7.17. The number of hydrogen-bond donors (Lipinski definition) is 1. The van der Waals surface area contributed by atoms with Crippen molar-refractivity contribution < 1.29 is 17.9 Å². The van der Waals surface area contributed by atoms with Crippen LogP contribution in [0.5, 0.6) is 5.75 Å². The van der Waals surface area contributed by atoms with Crippen molar-refractivity contribution in [2.24, 2.45) is 5.92 Å². The number of benzene rings is 2. The van der Waals surface area contributed by atoms with Crippen LogP contribution in [0.4, 0.5) is 5.69 Å². The fourth-order valence-electron chi connectivity index (χ4n) is 3.68. The summed E-state index contributed by atoms with van der Waals surface area (Å²) >= 11 is 0. The minimum Gasteiger partial charge on any atom is -0.488 e. The Labute approximate surface area is 171 Å². The summed E-state index contributed by atoms with van der Waals surface area (Å²) in [4.78, 5) is 12.8. The molecule has 0 bridgehead atoms. The average Bonchev–Trinajstić information content (AvgIpc) is 2.74. The SMILES string of the molecule is C[C@@H]1CCCN(S(=O)(=O)c2ccc(NC(=O)C3=Cc4ccccc4OC3)cc2)C1. The summed E-state index contributed by atoms with van der Waals surface area (Å²) in [5.74, 6) is 0.860. The number of piperidine rings is 1. The second-order valence-electron chi connectivity index (χ2n) is 7.59. The Morgan fingerprint density at radius 3 is 2.66 bits per heavy atom. The van der Waals surface area contributed by atoms with Gasteiger partial charge in [-0.1, -0.05) is 25.1 Å². The number of nitrogens with zero attached hydrogens (tertiary/aromatic N) is 1. The second-order valence-corrected chi connectivity index (χ2v) is 9.52. The van der Waals surface area contributed by atoms with Crippen molar-refractivity contribution in [3.05, 3.63) is 59.7 Å². The highest BCUT2D eigenvalue weighted by molar-refractivity contribution is 7.89. The van der Waals surface area contributed by atoms with Gasteiger partial charge in [-0.2, -0.15) is 4.31 Å². The molecule has 2 aliphatic heterocycles. The number of fused-ring (bicyclic) bond motifs is 1. The van der Waals surface area contributed by atoms with Crippen LogP contribution in [0, 0.1) is 5.92 Å². The molecule has 2 heterocycles. The number of sulfonamides is 1. The number of carbonyl (C=O) groups is 1. The Hall–Kier alpha value is -2.64. The van der Waals surface area contributed by atoms with E-state index < -0.39 is 10.0 Å². The number of para-hydroxylation sites is 1. The van der Waals surface area contributed by atoms with Crippen LogP contribution in [0.1, 0.15) is 25.3 Å². The predicted octanol–water partition coefficient (Wildman–Crippen LogP) is 3.52. The number of hydrogen-bond acceptors (Lipinski definition) is 4. The van der Waals surface area contributed by atoms with Gasteiger partial charge in [0.2, 0.25) is 10.0 Å². The van der Waals surface area contributed by atoms with Crippen LogP contribution in [0.2, 0.25) is 0 Å². The normalized spacial score (nSPS) is 19.6. The Kier molecular flexibility index (Phi) is 5.43. The van der Waals surface area contributed by atoms with Gasteiger partial charge in [0.1, 0.15) is 12.4 Å². The zero-order valence-corrected chi connectivity index (χ0v) is 17.1. The molecule has 6 nitrogen and oxygen atoms in total. The molecule has 152 valence electrons. The van der Waals surface area contributed by atoms with Gasteiger partial charge in [0.05, 0.1) is 10.5 Å². The molecule has 4 rings (SSSR count). The third-order valence-electron chi connectivity index (χ3n) is 5.29. The summed E-state index contributed by atoms with van der Waals surface area (Å²) in [6, 6.07) is 13.9. The molecule has 2 aliphatic rings. The highest BCUT2D eigenvalue weighted by Gasteiger charge is 2.28. The summed E-state index contributed by atoms with van der Waals surface area (Å²) in [6.07, 6.45) is 3.75. The highest BCUT2D eigenvalue weighted by Crippen LogP contribution is 2.27. The zero-order valence-electron chi connectivity index (χ0n) is 16.3. The molecule has 1 amide bonds. The molecular weight excluding hydrogens is 388 g/mol. The molecule has 2 aromatic rings. The van der Waals surface area contributed by atoms with Crippen LogP contribution in [0.3, 0.4) is 0 Å². The topological polar surface area (TPSA) is 75.7 Å². The minimum atomic E-state index is -3.50. The van der Waals surface area contributed by atoms with Crippen molar-refractivity contribution >= 4 is 27.7 Å². The third kappa shape index (κ3) is 4.21. The van der Waals surface area contributed by atoms with Gasteiger partial charge in [-0.05, 0) is 55.2 Å². The average molecular weight is 413 g/mol. The summed E-state index contributed by atoms with van der Waals surface area (Å²) in [5, 5.41) is 2.81. The smallest absolute Gasteiger partial charge is 0.255 e. The van der Waals surface area contributed by atoms with Crippen molar-refractivity contribution in [2.45, 2.75) is 24.7 Å². The molecule has 1 atom stereocenters. The summed E-state index contributed by atoms with van der Waals surface area (Å²) in [7, 11) is -3.50. The molecule has 0 spiro atoms. The first kappa shape index (κ1) is 19.7. The monoisotopic (exact) mass is 412 g/mol. The fraction of sp³-hybridized carbons (Fsp3) is 0.318. The number of carbonyl (C=O) groups excluding carboxylic acids is 1. The van der Waals surface area contributed by atoms with Crippen molar-refractivity contribution in [1.82, 2.24) is 4.31 Å². The molecule has 7 heteroatoms. The predicted molar refractivity (Wildman–Crippen MR) is 112 cm³/mol. The molecule has 1 fully saturated rings. The Balaban J connectivity index is 1.46. The molecule has 0 aromatic heterocycles. The van der Waals surface area contributed by atoms with Crippen LogP contribution in [0.15, 0.2) is 59.0 Å². The number of ether oxygens (including phenoxy) is 1. The molecule has 0 saturated carbocycles. The lowest BCUT2D eigenvalue weighted by Crippen LogP contribution is -2.39. The van der Waals surface area contributed by atoms with Gasteiger partial charge in [0.25, 0.3) is 5.91 Å². The van der Waals surface area contributed by atoms with Crippen LogP contribution >= 0.6 is 0 Å². The first-order chi connectivity index (χ1) is 13.9. The van der Waals surface area contributed by atoms with Crippen LogP contribution < -0.4 is 10.1 Å². The molecule has 0 aliphatic carbocycles. The Bertz CT molecular complexity index is 1040. The van der Waals surface area contributed by atoms with E-state index in [0.29, 0.717) is 30.3 Å². The van der Waals surface area contributed by atoms with Gasteiger partial charge in [-0.3, -0.25) is 4.79 Å². The molecular formula is C22H24N2O4S. The van der Waals surface area contributed by atoms with Gasteiger partial charge >= 0.3 is 0 Å². The van der Waals surface area contributed by atoms with E-state index in [4.69, 9.17) is 4.74 Å². The fourth-order valence-corrected chi connectivity index (χ4v) is 5.28. The van der Waals surface area contributed by atoms with E-state index in [1.165, 1.54) is 0 Å². The van der Waals surface area contributed by atoms with E-state index in [0.717, 1.165) is 24.2 Å². The largest absolute Gasteiger partial charge is 0.488 e. The van der Waals surface area contributed by atoms with E-state index in [1.807, 2.05) is 30.3 Å². The second kappa shape index (κ2) is 8.00. The summed E-state index contributed by atoms with van der Waals surface area (Å²) in [5.41, 5.74) is 1.92. The maximum absolute atomic E-state index is 12.8. The minimum absolute atomic E-state index is 0.197. The lowest BCUT2D eigenvalue weighted by molar-refractivity contribution is -0.113. The number of rotatable bonds is 4. The number of nitrogens with one attached hydrogen (secondary N) is 1. The molecule has 1 N–H and O–H groups in total. The van der Waals surface area contributed by atoms with Gasteiger partial charge < -0.3 is 10.1 Å². The Morgan fingerprint density at radius 2 is 1.90 bits per heavy atom. The van der Waals surface area contributed by atoms with Crippen molar-refractivity contribution in [3.63, 3.8) is 0 Å². The van der Waals surface area contributed by atoms with E-state index in [-0.39, 0.29) is 17.4 Å². The molecule has 29 heavy (non-hydrogen) atoms. The first-order valence-electron chi connectivity index (χ1n) is 9.77. The van der Waals surface area contributed by atoms with E-state index in [1.54, 1.807) is 28.6 Å². The number of amides is 1. The van der Waals surface area contributed by atoms with Gasteiger partial charge in [0.15, 0.2) is 0 Å². The van der Waals surface area contributed by atoms with Crippen molar-refractivity contribution in [2.75, 3.05) is 25.0 Å². The maximum Gasteiger partial charge on any atom is 0.255 e. The van der Waals surface area contributed by atoms with E-state index >= 15 is 0 Å². The lowest BCUT2D eigenvalue weighted by atomic mass is 10.0. The van der Waals surface area contributed by atoms with Crippen LogP contribution in [0.25, 0.3) is 6.08 Å². The van der Waals surface area contributed by atoms with E-state index in [2.05, 4.69) is 12.2 Å².